The van der Waals surface area contributed by atoms with Crippen molar-refractivity contribution in [3.05, 3.63) is 53.1 Å². The first-order valence-corrected chi connectivity index (χ1v) is 9.05. The normalized spacial score (nSPS) is 10.8. The lowest BCUT2D eigenvalue weighted by atomic mass is 9.86. The van der Waals surface area contributed by atoms with Crippen LogP contribution < -0.4 is 14.8 Å². The van der Waals surface area contributed by atoms with E-state index in [4.69, 9.17) is 9.47 Å². The second-order valence-corrected chi connectivity index (χ2v) is 7.10. The molecule has 1 amide bonds. The van der Waals surface area contributed by atoms with Crippen LogP contribution >= 0.6 is 0 Å². The minimum Gasteiger partial charge on any atom is -0.490 e. The minimum atomic E-state index is -0.279. The molecule has 5 nitrogen and oxygen atoms in total. The number of hydrogen-bond acceptors (Lipinski definition) is 4. The van der Waals surface area contributed by atoms with Crippen LogP contribution in [0, 0.1) is 11.3 Å². The van der Waals surface area contributed by atoms with Crippen LogP contribution in [0.5, 0.6) is 11.5 Å². The van der Waals surface area contributed by atoms with Crippen LogP contribution in [-0.4, -0.2) is 19.1 Å². The molecule has 0 aliphatic rings. The van der Waals surface area contributed by atoms with Crippen molar-refractivity contribution in [1.82, 2.24) is 0 Å². The largest absolute Gasteiger partial charge is 0.490 e. The van der Waals surface area contributed by atoms with Gasteiger partial charge in [-0.15, -0.1) is 0 Å². The smallest absolute Gasteiger partial charge is 0.255 e. The lowest BCUT2D eigenvalue weighted by molar-refractivity contribution is 0.102. The Morgan fingerprint density at radius 2 is 1.59 bits per heavy atom. The summed E-state index contributed by atoms with van der Waals surface area (Å²) in [5, 5.41) is 12.3. The Morgan fingerprint density at radius 3 is 2.07 bits per heavy atom. The Hall–Kier alpha value is -3.00. The fourth-order valence-corrected chi connectivity index (χ4v) is 2.61. The minimum absolute atomic E-state index is 0.0183. The molecule has 142 valence electrons. The Balaban J connectivity index is 2.31. The first-order chi connectivity index (χ1) is 12.8. The highest BCUT2D eigenvalue weighted by Gasteiger charge is 2.17. The molecule has 0 aromatic heterocycles. The number of carbonyl (C=O) groups is 1. The van der Waals surface area contributed by atoms with E-state index in [2.05, 4.69) is 32.2 Å². The van der Waals surface area contributed by atoms with Crippen molar-refractivity contribution in [2.75, 3.05) is 18.5 Å². The number of carbonyl (C=O) groups excluding carboxylic acids is 1. The van der Waals surface area contributed by atoms with Gasteiger partial charge in [0.25, 0.3) is 5.91 Å². The maximum atomic E-state index is 12.6. The van der Waals surface area contributed by atoms with Crippen LogP contribution in [0.4, 0.5) is 5.69 Å². The van der Waals surface area contributed by atoms with E-state index in [9.17, 15) is 10.1 Å². The molecule has 0 atom stereocenters. The predicted molar refractivity (Wildman–Crippen MR) is 107 cm³/mol. The van der Waals surface area contributed by atoms with E-state index in [1.165, 1.54) is 0 Å². The standard InChI is InChI=1S/C22H26N2O3/c1-6-26-19-12-16(14-23)18(13-20(19)27-7-2)24-21(25)15-8-10-17(11-9-15)22(3,4)5/h8-13H,6-7H2,1-5H3,(H,24,25). The molecule has 0 saturated heterocycles. The molecule has 2 aromatic carbocycles. The van der Waals surface area contributed by atoms with Crippen LogP contribution in [0.15, 0.2) is 36.4 Å². The third-order valence-electron chi connectivity index (χ3n) is 4.07. The molecule has 5 heteroatoms. The summed E-state index contributed by atoms with van der Waals surface area (Å²) in [6.07, 6.45) is 0. The summed E-state index contributed by atoms with van der Waals surface area (Å²) in [6, 6.07) is 12.8. The zero-order chi connectivity index (χ0) is 20.0. The molecule has 0 heterocycles. The van der Waals surface area contributed by atoms with Gasteiger partial charge in [-0.3, -0.25) is 4.79 Å². The summed E-state index contributed by atoms with van der Waals surface area (Å²) in [5.41, 5.74) is 2.41. The Kier molecular flexibility index (Phi) is 6.46. The first-order valence-electron chi connectivity index (χ1n) is 9.05. The highest BCUT2D eigenvalue weighted by atomic mass is 16.5. The average Bonchev–Trinajstić information content (AvgIpc) is 2.63. The maximum absolute atomic E-state index is 12.6. The van der Waals surface area contributed by atoms with E-state index in [0.717, 1.165) is 5.56 Å². The number of anilines is 1. The van der Waals surface area contributed by atoms with Crippen molar-refractivity contribution in [1.29, 1.82) is 5.26 Å². The fourth-order valence-electron chi connectivity index (χ4n) is 2.61. The van der Waals surface area contributed by atoms with Gasteiger partial charge in [0.1, 0.15) is 6.07 Å². The van der Waals surface area contributed by atoms with Crippen LogP contribution in [0.2, 0.25) is 0 Å². The van der Waals surface area contributed by atoms with Gasteiger partial charge in [0.2, 0.25) is 0 Å². The Bertz CT molecular complexity index is 844. The molecule has 0 bridgehead atoms. The fraction of sp³-hybridized carbons (Fsp3) is 0.364. The molecule has 0 fully saturated rings. The lowest BCUT2D eigenvalue weighted by Crippen LogP contribution is -2.15. The monoisotopic (exact) mass is 366 g/mol. The third-order valence-corrected chi connectivity index (χ3v) is 4.07. The van der Waals surface area contributed by atoms with Gasteiger partial charge in [0, 0.05) is 17.7 Å². The average molecular weight is 366 g/mol. The quantitative estimate of drug-likeness (QED) is 0.789. The SMILES string of the molecule is CCOc1cc(C#N)c(NC(=O)c2ccc(C(C)(C)C)cc2)cc1OCC. The summed E-state index contributed by atoms with van der Waals surface area (Å²) in [6.45, 7) is 11.0. The molecule has 0 saturated carbocycles. The number of ether oxygens (including phenoxy) is 2. The highest BCUT2D eigenvalue weighted by Crippen LogP contribution is 2.34. The van der Waals surface area contributed by atoms with E-state index in [1.54, 1.807) is 24.3 Å². The number of nitrogens with one attached hydrogen (secondary N) is 1. The van der Waals surface area contributed by atoms with Crippen molar-refractivity contribution >= 4 is 11.6 Å². The van der Waals surface area contributed by atoms with Crippen LogP contribution in [0.3, 0.4) is 0 Å². The van der Waals surface area contributed by atoms with Crippen LogP contribution in [-0.2, 0) is 5.41 Å². The Labute approximate surface area is 160 Å². The van der Waals surface area contributed by atoms with Gasteiger partial charge in [-0.2, -0.15) is 5.26 Å². The maximum Gasteiger partial charge on any atom is 0.255 e. The molecule has 27 heavy (non-hydrogen) atoms. The van der Waals surface area contributed by atoms with Crippen molar-refractivity contribution in [2.24, 2.45) is 0 Å². The second kappa shape index (κ2) is 8.59. The van der Waals surface area contributed by atoms with Gasteiger partial charge in [-0.05, 0) is 37.0 Å². The molecule has 1 N–H and O–H groups in total. The number of rotatable bonds is 6. The van der Waals surface area contributed by atoms with Crippen molar-refractivity contribution in [3.63, 3.8) is 0 Å². The Morgan fingerprint density at radius 1 is 1.04 bits per heavy atom. The summed E-state index contributed by atoms with van der Waals surface area (Å²) >= 11 is 0. The highest BCUT2D eigenvalue weighted by molar-refractivity contribution is 6.05. The molecule has 2 rings (SSSR count). The van der Waals surface area contributed by atoms with E-state index in [1.807, 2.05) is 26.0 Å². The molecule has 0 unspecified atom stereocenters. The van der Waals surface area contributed by atoms with E-state index >= 15 is 0 Å². The number of amides is 1. The molecular weight excluding hydrogens is 340 g/mol. The molecule has 0 aliphatic heterocycles. The zero-order valence-electron chi connectivity index (χ0n) is 16.6. The lowest BCUT2D eigenvalue weighted by Gasteiger charge is -2.19. The molecule has 0 aliphatic carbocycles. The van der Waals surface area contributed by atoms with E-state index < -0.39 is 0 Å². The summed E-state index contributed by atoms with van der Waals surface area (Å²) in [7, 11) is 0. The van der Waals surface area contributed by atoms with E-state index in [-0.39, 0.29) is 11.3 Å². The van der Waals surface area contributed by atoms with Crippen molar-refractivity contribution < 1.29 is 14.3 Å². The number of nitrogens with zero attached hydrogens (tertiary/aromatic N) is 1. The molecular formula is C22H26N2O3. The topological polar surface area (TPSA) is 71.3 Å². The van der Waals surface area contributed by atoms with Gasteiger partial charge in [-0.1, -0.05) is 32.9 Å². The van der Waals surface area contributed by atoms with Gasteiger partial charge in [0.05, 0.1) is 24.5 Å². The van der Waals surface area contributed by atoms with Crippen molar-refractivity contribution in [2.45, 2.75) is 40.0 Å². The summed E-state index contributed by atoms with van der Waals surface area (Å²) < 4.78 is 11.1. The van der Waals surface area contributed by atoms with Gasteiger partial charge in [-0.25, -0.2) is 0 Å². The van der Waals surface area contributed by atoms with Crippen LogP contribution in [0.25, 0.3) is 0 Å². The number of nitriles is 1. The summed E-state index contributed by atoms with van der Waals surface area (Å²) in [5.74, 6) is 0.707. The number of hydrogen-bond donors (Lipinski definition) is 1. The number of benzene rings is 2. The second-order valence-electron chi connectivity index (χ2n) is 7.10. The molecule has 2 aromatic rings. The van der Waals surface area contributed by atoms with Gasteiger partial charge in [0.15, 0.2) is 11.5 Å². The molecule has 0 spiro atoms. The first kappa shape index (κ1) is 20.3. The van der Waals surface area contributed by atoms with Gasteiger partial charge < -0.3 is 14.8 Å². The third kappa shape index (κ3) is 5.01. The molecule has 0 radical (unpaired) electrons. The van der Waals surface area contributed by atoms with E-state index in [0.29, 0.717) is 41.5 Å². The predicted octanol–water partition coefficient (Wildman–Crippen LogP) is 4.91. The van der Waals surface area contributed by atoms with Crippen molar-refractivity contribution in [3.8, 4) is 17.6 Å². The van der Waals surface area contributed by atoms with Gasteiger partial charge >= 0.3 is 0 Å². The summed E-state index contributed by atoms with van der Waals surface area (Å²) in [4.78, 5) is 12.6. The van der Waals surface area contributed by atoms with Crippen LogP contribution in [0.1, 0.15) is 56.1 Å². The zero-order valence-corrected chi connectivity index (χ0v) is 16.6.